The molecule has 0 aliphatic carbocycles. The summed E-state index contributed by atoms with van der Waals surface area (Å²) in [4.78, 5) is 15.8. The van der Waals surface area contributed by atoms with Gasteiger partial charge >= 0.3 is 0 Å². The fourth-order valence-corrected chi connectivity index (χ4v) is 10.9. The Bertz CT molecular complexity index is 3210. The minimum atomic E-state index is 0.660. The van der Waals surface area contributed by atoms with Gasteiger partial charge in [-0.25, -0.2) is 15.0 Å². The lowest BCUT2D eigenvalue weighted by Crippen LogP contribution is -2.48. The minimum Gasteiger partial charge on any atom is -0.208 e. The van der Waals surface area contributed by atoms with Crippen LogP contribution in [0.5, 0.6) is 0 Å². The second kappa shape index (κ2) is 15.5. The third-order valence-corrected chi connectivity index (χ3v) is 15.0. The van der Waals surface area contributed by atoms with Crippen LogP contribution >= 0.6 is 11.3 Å². The Kier molecular flexibility index (Phi) is 10.3. The van der Waals surface area contributed by atoms with Crippen LogP contribution in [0, 0.1) is 0 Å². The summed E-state index contributed by atoms with van der Waals surface area (Å²) in [6, 6.07) is 38.2. The highest BCUT2D eigenvalue weighted by molar-refractivity contribution is 7.28. The summed E-state index contributed by atoms with van der Waals surface area (Å²) >= 11 is 1.97. The van der Waals surface area contributed by atoms with E-state index in [0.717, 1.165) is 22.3 Å². The average molecular weight is 774 g/mol. The van der Waals surface area contributed by atoms with E-state index >= 15 is 0 Å². The molecule has 0 atom stereocenters. The second-order valence-electron chi connectivity index (χ2n) is 16.7. The summed E-state index contributed by atoms with van der Waals surface area (Å²) in [5.74, 6) is 2.03. The number of hydrogen-bond acceptors (Lipinski definition) is 4. The Morgan fingerprint density at radius 1 is 0.283 bits per heavy atom. The Balaban J connectivity index is 1.25. The number of hydrogen-bond donors (Lipinski definition) is 0. The molecular weight excluding hydrogens is 734 g/mol. The standard InChI is InChI=1S/C45H40B11N3S/c46-30-25(26-32(48)37(53)33(49)27-28-34(50)38(54)39(55)40(56)42(28)60-41(26)27)31(47)36(52)35(51)29(30)45-58-43(21-10-5-2-6-11-21)57-44(59-45)22-16-14-20(15-17-22)24-13-7-12-23(18-24)19-8-3-1-4-9-19/h1-18H,46-56H2. The molecule has 0 N–H and O–H groups in total. The first kappa shape index (κ1) is 39.9. The molecule has 0 spiro atoms. The van der Waals surface area contributed by atoms with Gasteiger partial charge in [-0.15, -0.1) is 33.2 Å². The van der Waals surface area contributed by atoms with Gasteiger partial charge in [-0.05, 0) is 50.2 Å². The smallest absolute Gasteiger partial charge is 0.164 e. The second-order valence-corrected chi connectivity index (χ2v) is 17.7. The predicted octanol–water partition coefficient (Wildman–Crippen LogP) is -6.92. The summed E-state index contributed by atoms with van der Waals surface area (Å²) in [5.41, 5.74) is 25.0. The van der Waals surface area contributed by atoms with Crippen molar-refractivity contribution >= 4 is 178 Å². The van der Waals surface area contributed by atoms with E-state index in [4.69, 9.17) is 15.0 Å². The molecule has 0 aliphatic rings. The third-order valence-electron chi connectivity index (χ3n) is 13.6. The van der Waals surface area contributed by atoms with Crippen molar-refractivity contribution in [1.82, 2.24) is 15.0 Å². The number of fused-ring (bicyclic) bond motifs is 3. The lowest BCUT2D eigenvalue weighted by molar-refractivity contribution is 1.08. The van der Waals surface area contributed by atoms with Gasteiger partial charge in [0.2, 0.25) is 0 Å². The SMILES string of the molecule is Bc1c(B)c(-c2nc(-c3ccccc3)nc(-c3ccc(-c4cccc(-c5ccccc5)c4)cc3)n2)c(B)c(-c2c(B)c(B)c(B)c3c2sc2c(B)c(B)c(B)c(B)c23)c1B. The van der Waals surface area contributed by atoms with Crippen LogP contribution in [0.4, 0.5) is 0 Å². The van der Waals surface area contributed by atoms with Crippen LogP contribution in [0.1, 0.15) is 0 Å². The molecule has 9 aromatic rings. The van der Waals surface area contributed by atoms with Crippen LogP contribution in [0.2, 0.25) is 0 Å². The molecule has 0 aliphatic heterocycles. The number of thiophene rings is 1. The van der Waals surface area contributed by atoms with Crippen molar-refractivity contribution in [3.05, 3.63) is 109 Å². The van der Waals surface area contributed by atoms with Gasteiger partial charge in [0.1, 0.15) is 86.3 Å². The van der Waals surface area contributed by atoms with Crippen molar-refractivity contribution in [2.45, 2.75) is 0 Å². The predicted molar refractivity (Wildman–Crippen MR) is 295 cm³/mol. The Hall–Kier alpha value is -5.52. The van der Waals surface area contributed by atoms with Crippen molar-refractivity contribution in [3.8, 4) is 67.5 Å². The molecule has 60 heavy (non-hydrogen) atoms. The topological polar surface area (TPSA) is 38.7 Å². The van der Waals surface area contributed by atoms with Gasteiger partial charge in [-0.2, -0.15) is 0 Å². The van der Waals surface area contributed by atoms with Crippen molar-refractivity contribution in [3.63, 3.8) is 0 Å². The monoisotopic (exact) mass is 775 g/mol. The first-order valence-electron chi connectivity index (χ1n) is 21.0. The van der Waals surface area contributed by atoms with Crippen molar-refractivity contribution in [2.75, 3.05) is 0 Å². The van der Waals surface area contributed by atoms with Gasteiger partial charge in [0.25, 0.3) is 0 Å². The summed E-state index contributed by atoms with van der Waals surface area (Å²) in [7, 11) is 25.2. The van der Waals surface area contributed by atoms with E-state index in [1.165, 1.54) is 108 Å². The van der Waals surface area contributed by atoms with E-state index in [0.29, 0.717) is 17.5 Å². The number of nitrogens with zero attached hydrogens (tertiary/aromatic N) is 3. The summed E-state index contributed by atoms with van der Waals surface area (Å²) in [6.45, 7) is 0. The molecular formula is C45H40B11N3S. The molecule has 3 nitrogen and oxygen atoms in total. The molecule has 0 saturated heterocycles. The Labute approximate surface area is 367 Å². The van der Waals surface area contributed by atoms with E-state index in [1.54, 1.807) is 0 Å². The average Bonchev–Trinajstić information content (AvgIpc) is 3.69. The zero-order valence-electron chi connectivity index (χ0n) is 36.6. The quantitative estimate of drug-likeness (QED) is 0.158. The summed E-state index contributed by atoms with van der Waals surface area (Å²) < 4.78 is 2.78. The molecule has 0 amide bonds. The number of rotatable bonds is 6. The molecule has 274 valence electrons. The highest BCUT2D eigenvalue weighted by Crippen LogP contribution is 2.36. The zero-order chi connectivity index (χ0) is 42.1. The third kappa shape index (κ3) is 6.48. The molecule has 7 aromatic carbocycles. The largest absolute Gasteiger partial charge is 0.208 e. The van der Waals surface area contributed by atoms with Gasteiger partial charge in [0.15, 0.2) is 17.5 Å². The first-order chi connectivity index (χ1) is 28.8. The highest BCUT2D eigenvalue weighted by atomic mass is 32.1. The van der Waals surface area contributed by atoms with Gasteiger partial charge in [0, 0.05) is 26.1 Å². The molecule has 0 fully saturated rings. The molecule has 15 heteroatoms. The van der Waals surface area contributed by atoms with Crippen LogP contribution in [0.3, 0.4) is 0 Å². The lowest BCUT2D eigenvalue weighted by atomic mass is 9.60. The number of aromatic nitrogens is 3. The maximum atomic E-state index is 5.36. The van der Waals surface area contributed by atoms with Crippen molar-refractivity contribution in [2.24, 2.45) is 0 Å². The number of benzene rings is 7. The molecule has 0 radical (unpaired) electrons. The van der Waals surface area contributed by atoms with Crippen LogP contribution in [-0.4, -0.2) is 101 Å². The normalized spacial score (nSPS) is 11.4. The van der Waals surface area contributed by atoms with Gasteiger partial charge in [0.05, 0.1) is 0 Å². The van der Waals surface area contributed by atoms with E-state index in [9.17, 15) is 0 Å². The molecule has 2 heterocycles. The lowest BCUT2D eigenvalue weighted by Gasteiger charge is -2.25. The van der Waals surface area contributed by atoms with Crippen LogP contribution in [-0.2, 0) is 0 Å². The van der Waals surface area contributed by atoms with Crippen LogP contribution < -0.4 is 60.1 Å². The minimum absolute atomic E-state index is 0.660. The Morgan fingerprint density at radius 3 is 1.28 bits per heavy atom. The molecule has 0 unspecified atom stereocenters. The molecule has 0 bridgehead atoms. The van der Waals surface area contributed by atoms with Gasteiger partial charge < -0.3 is 0 Å². The van der Waals surface area contributed by atoms with Crippen LogP contribution in [0.25, 0.3) is 87.7 Å². The van der Waals surface area contributed by atoms with Crippen LogP contribution in [0.15, 0.2) is 109 Å². The molecule has 9 rings (SSSR count). The molecule has 2 aromatic heterocycles. The Morgan fingerprint density at radius 2 is 0.683 bits per heavy atom. The fourth-order valence-electron chi connectivity index (χ4n) is 9.34. The maximum Gasteiger partial charge on any atom is 0.164 e. The van der Waals surface area contributed by atoms with E-state index < -0.39 is 0 Å². The van der Waals surface area contributed by atoms with E-state index in [1.807, 2.05) is 29.5 Å². The molecule has 0 saturated carbocycles. The van der Waals surface area contributed by atoms with Gasteiger partial charge in [-0.3, -0.25) is 0 Å². The van der Waals surface area contributed by atoms with Gasteiger partial charge in [-0.1, -0.05) is 141 Å². The van der Waals surface area contributed by atoms with Crippen molar-refractivity contribution in [1.29, 1.82) is 0 Å². The van der Waals surface area contributed by atoms with E-state index in [2.05, 4.69) is 177 Å². The van der Waals surface area contributed by atoms with E-state index in [-0.39, 0.29) is 0 Å². The maximum absolute atomic E-state index is 5.36. The highest BCUT2D eigenvalue weighted by Gasteiger charge is 2.26. The zero-order valence-corrected chi connectivity index (χ0v) is 37.5. The fraction of sp³-hybridized carbons (Fsp3) is 0. The summed E-state index contributed by atoms with van der Waals surface area (Å²) in [6.07, 6.45) is 0. The summed E-state index contributed by atoms with van der Waals surface area (Å²) in [5, 5.41) is 2.82. The van der Waals surface area contributed by atoms with Crippen molar-refractivity contribution < 1.29 is 0 Å². The first-order valence-corrected chi connectivity index (χ1v) is 21.8.